The minimum Gasteiger partial charge on any atom is -0.493 e. The molecule has 2 N–H and O–H groups in total. The average molecular weight is 476 g/mol. The molecule has 1 aromatic rings. The van der Waals surface area contributed by atoms with Gasteiger partial charge in [-0.1, -0.05) is 0 Å². The third-order valence-corrected chi connectivity index (χ3v) is 4.30. The van der Waals surface area contributed by atoms with Crippen LogP contribution in [-0.4, -0.2) is 56.8 Å². The Kier molecular flexibility index (Phi) is 10.1. The lowest BCUT2D eigenvalue weighted by Crippen LogP contribution is -2.36. The maximum Gasteiger partial charge on any atom is 0.195 e. The van der Waals surface area contributed by atoms with E-state index < -0.39 is 0 Å². The van der Waals surface area contributed by atoms with Gasteiger partial charge in [0.05, 0.1) is 20.8 Å². The van der Waals surface area contributed by atoms with Crippen LogP contribution in [0.2, 0.25) is 0 Å². The average Bonchev–Trinajstić information content (AvgIpc) is 3.43. The van der Waals surface area contributed by atoms with E-state index in [4.69, 9.17) is 14.5 Å². The van der Waals surface area contributed by atoms with Crippen molar-refractivity contribution in [3.8, 4) is 11.5 Å². The molecule has 7 heteroatoms. The molecule has 1 aliphatic rings. The largest absolute Gasteiger partial charge is 0.493 e. The lowest BCUT2D eigenvalue weighted by Gasteiger charge is -2.25. The molecule has 0 saturated heterocycles. The van der Waals surface area contributed by atoms with Crippen molar-refractivity contribution < 1.29 is 9.47 Å². The van der Waals surface area contributed by atoms with Gasteiger partial charge in [0.2, 0.25) is 0 Å². The summed E-state index contributed by atoms with van der Waals surface area (Å²) in [5.41, 5.74) is 0.917. The molecule has 1 saturated carbocycles. The fourth-order valence-corrected chi connectivity index (χ4v) is 2.90. The van der Waals surface area contributed by atoms with Gasteiger partial charge >= 0.3 is 0 Å². The van der Waals surface area contributed by atoms with Gasteiger partial charge in [-0.2, -0.15) is 0 Å². The topological polar surface area (TPSA) is 58.1 Å². The second-order valence-corrected chi connectivity index (χ2v) is 6.52. The quantitative estimate of drug-likeness (QED) is 0.324. The molecule has 0 radical (unpaired) electrons. The molecule has 1 aromatic carbocycles. The summed E-state index contributed by atoms with van der Waals surface area (Å²) in [5, 5.41) is 6.63. The molecule has 1 fully saturated rings. The minimum atomic E-state index is 0. The van der Waals surface area contributed by atoms with E-state index in [-0.39, 0.29) is 24.0 Å². The van der Waals surface area contributed by atoms with Crippen molar-refractivity contribution in [1.82, 2.24) is 10.2 Å². The van der Waals surface area contributed by atoms with Crippen molar-refractivity contribution in [2.45, 2.75) is 45.7 Å². The maximum atomic E-state index is 5.36. The second-order valence-electron chi connectivity index (χ2n) is 6.52. The van der Waals surface area contributed by atoms with Crippen LogP contribution in [0.1, 0.15) is 33.6 Å². The van der Waals surface area contributed by atoms with Crippen LogP contribution in [-0.2, 0) is 0 Å². The van der Waals surface area contributed by atoms with E-state index in [0.29, 0.717) is 17.5 Å². The first-order valence-electron chi connectivity index (χ1n) is 9.12. The predicted octanol–water partition coefficient (Wildman–Crippen LogP) is 3.57. The van der Waals surface area contributed by atoms with Gasteiger partial charge in [-0.25, -0.2) is 0 Å². The van der Waals surface area contributed by atoms with E-state index in [1.165, 1.54) is 12.8 Å². The highest BCUT2D eigenvalue weighted by Crippen LogP contribution is 2.30. The molecule has 0 bridgehead atoms. The highest BCUT2D eigenvalue weighted by molar-refractivity contribution is 14.0. The van der Waals surface area contributed by atoms with Crippen LogP contribution in [0.5, 0.6) is 11.5 Å². The van der Waals surface area contributed by atoms with E-state index in [1.54, 1.807) is 14.2 Å². The van der Waals surface area contributed by atoms with E-state index in [1.807, 2.05) is 18.2 Å². The Labute approximate surface area is 174 Å². The molecule has 1 aliphatic carbocycles. The predicted molar refractivity (Wildman–Crippen MR) is 119 cm³/mol. The molecular formula is C19H33IN4O2. The zero-order chi connectivity index (χ0) is 18.2. The number of anilines is 1. The van der Waals surface area contributed by atoms with Crippen molar-refractivity contribution in [2.75, 3.05) is 39.2 Å². The highest BCUT2D eigenvalue weighted by atomic mass is 127. The Bertz CT molecular complexity index is 575. The number of aliphatic imine (C=N–C) groups is 1. The van der Waals surface area contributed by atoms with Gasteiger partial charge in [-0.3, -0.25) is 9.89 Å². The molecular weight excluding hydrogens is 443 g/mol. The van der Waals surface area contributed by atoms with Crippen LogP contribution >= 0.6 is 24.0 Å². The summed E-state index contributed by atoms with van der Waals surface area (Å²) in [4.78, 5) is 7.27. The number of hydrogen-bond acceptors (Lipinski definition) is 4. The fraction of sp³-hybridized carbons (Fsp3) is 0.632. The third-order valence-electron chi connectivity index (χ3n) is 4.30. The summed E-state index contributed by atoms with van der Waals surface area (Å²) < 4.78 is 10.6. The van der Waals surface area contributed by atoms with Gasteiger partial charge in [0.1, 0.15) is 0 Å². The zero-order valence-corrected chi connectivity index (χ0v) is 18.9. The number of nitrogens with zero attached hydrogens (tertiary/aromatic N) is 2. The number of methoxy groups -OCH3 is 2. The molecule has 2 rings (SSSR count). The minimum absolute atomic E-state index is 0. The Hall–Kier alpha value is -1.22. The Balaban J connectivity index is 0.00000338. The van der Waals surface area contributed by atoms with Crippen LogP contribution in [0.25, 0.3) is 0 Å². The van der Waals surface area contributed by atoms with Gasteiger partial charge in [0.15, 0.2) is 17.5 Å². The molecule has 6 nitrogen and oxygen atoms in total. The Morgan fingerprint density at radius 3 is 2.46 bits per heavy atom. The molecule has 0 atom stereocenters. The summed E-state index contributed by atoms with van der Waals surface area (Å²) in [6.45, 7) is 9.17. The van der Waals surface area contributed by atoms with Gasteiger partial charge in [0.25, 0.3) is 0 Å². The molecule has 26 heavy (non-hydrogen) atoms. The lowest BCUT2D eigenvalue weighted by molar-refractivity contribution is 0.218. The van der Waals surface area contributed by atoms with Crippen LogP contribution in [0.15, 0.2) is 23.2 Å². The van der Waals surface area contributed by atoms with E-state index in [0.717, 1.165) is 37.3 Å². The number of benzene rings is 1. The normalized spacial score (nSPS) is 14.2. The van der Waals surface area contributed by atoms with Gasteiger partial charge in [-0.15, -0.1) is 24.0 Å². The van der Waals surface area contributed by atoms with Gasteiger partial charge < -0.3 is 20.1 Å². The summed E-state index contributed by atoms with van der Waals surface area (Å²) in [6.07, 6.45) is 2.65. The number of nitrogens with one attached hydrogen (secondary N) is 2. The highest BCUT2D eigenvalue weighted by Gasteiger charge is 2.29. The number of ether oxygens (including phenoxy) is 2. The van der Waals surface area contributed by atoms with E-state index in [9.17, 15) is 0 Å². The molecule has 0 unspecified atom stereocenters. The van der Waals surface area contributed by atoms with Crippen molar-refractivity contribution in [1.29, 1.82) is 0 Å². The molecule has 0 heterocycles. The van der Waals surface area contributed by atoms with Crippen LogP contribution in [0.3, 0.4) is 0 Å². The number of halogens is 1. The molecule has 148 valence electrons. The number of hydrogen-bond donors (Lipinski definition) is 2. The molecule has 0 spiro atoms. The fourth-order valence-electron chi connectivity index (χ4n) is 2.90. The maximum absolute atomic E-state index is 5.36. The van der Waals surface area contributed by atoms with Gasteiger partial charge in [-0.05, 0) is 45.7 Å². The standard InChI is InChI=1S/C19H32N4O2.HI/c1-6-20-19(21-11-12-23(14(2)3)16-8-9-16)22-15-7-10-17(24-4)18(13-15)25-5;/h7,10,13-14,16H,6,8-9,11-12H2,1-5H3,(H2,20,21,22);1H. The summed E-state index contributed by atoms with van der Waals surface area (Å²) >= 11 is 0. The van der Waals surface area contributed by atoms with E-state index in [2.05, 4.69) is 36.3 Å². The number of rotatable bonds is 9. The third kappa shape index (κ3) is 6.83. The van der Waals surface area contributed by atoms with Crippen molar-refractivity contribution in [3.05, 3.63) is 18.2 Å². The SMILES string of the molecule is CCNC(=NCCN(C(C)C)C1CC1)Nc1ccc(OC)c(OC)c1.I. The molecule has 0 aromatic heterocycles. The van der Waals surface area contributed by atoms with Crippen LogP contribution < -0.4 is 20.1 Å². The van der Waals surface area contributed by atoms with Crippen LogP contribution in [0, 0.1) is 0 Å². The molecule has 0 amide bonds. The smallest absolute Gasteiger partial charge is 0.195 e. The lowest BCUT2D eigenvalue weighted by atomic mass is 10.2. The first kappa shape index (κ1) is 22.8. The van der Waals surface area contributed by atoms with Crippen molar-refractivity contribution in [2.24, 2.45) is 4.99 Å². The summed E-state index contributed by atoms with van der Waals surface area (Å²) in [6, 6.07) is 7.09. The summed E-state index contributed by atoms with van der Waals surface area (Å²) in [5.74, 6) is 2.20. The molecule has 0 aliphatic heterocycles. The van der Waals surface area contributed by atoms with Gasteiger partial charge in [0, 0.05) is 36.9 Å². The Morgan fingerprint density at radius 2 is 1.92 bits per heavy atom. The van der Waals surface area contributed by atoms with E-state index >= 15 is 0 Å². The van der Waals surface area contributed by atoms with Crippen LogP contribution in [0.4, 0.5) is 5.69 Å². The second kappa shape index (κ2) is 11.5. The van der Waals surface area contributed by atoms with Crippen molar-refractivity contribution in [3.63, 3.8) is 0 Å². The zero-order valence-electron chi connectivity index (χ0n) is 16.5. The van der Waals surface area contributed by atoms with Crippen molar-refractivity contribution >= 4 is 35.6 Å². The first-order chi connectivity index (χ1) is 12.1. The Morgan fingerprint density at radius 1 is 1.23 bits per heavy atom. The first-order valence-corrected chi connectivity index (χ1v) is 9.12. The summed E-state index contributed by atoms with van der Waals surface area (Å²) in [7, 11) is 3.27. The monoisotopic (exact) mass is 476 g/mol. The number of guanidine groups is 1.